The van der Waals surface area contributed by atoms with Gasteiger partial charge >= 0.3 is 0 Å². The maximum atomic E-state index is 10.5. The van der Waals surface area contributed by atoms with Crippen LogP contribution in [-0.4, -0.2) is 13.0 Å². The van der Waals surface area contributed by atoms with E-state index >= 15 is 0 Å². The Hall–Kier alpha value is -1.67. The number of nitrogens with one attached hydrogen (secondary N) is 1. The first-order valence-corrected chi connectivity index (χ1v) is 4.68. The van der Waals surface area contributed by atoms with Gasteiger partial charge in [-0.2, -0.15) is 8.42 Å². The van der Waals surface area contributed by atoms with Gasteiger partial charge in [0.25, 0.3) is 10.1 Å². The van der Waals surface area contributed by atoms with Crippen LogP contribution in [-0.2, 0) is 10.1 Å². The van der Waals surface area contributed by atoms with Crippen molar-refractivity contribution in [3.8, 4) is 0 Å². The normalized spacial score (nSPS) is 9.79. The number of benzene rings is 1. The average molecular weight is 220 g/mol. The molecule has 1 rings (SSSR count). The summed E-state index contributed by atoms with van der Waals surface area (Å²) < 4.78 is 29.4. The van der Waals surface area contributed by atoms with Gasteiger partial charge in [-0.25, -0.2) is 0 Å². The first kappa shape index (κ1) is 12.3. The molecular formula is C6H8N2O5S. The smallest absolute Gasteiger partial charge is 0.294 e. The highest BCUT2D eigenvalue weighted by Gasteiger charge is 2.06. The van der Waals surface area contributed by atoms with Gasteiger partial charge in [0.05, 0.1) is 4.90 Å². The zero-order chi connectivity index (χ0) is 11.2. The predicted molar refractivity (Wildman–Crippen MR) is 48.4 cm³/mol. The van der Waals surface area contributed by atoms with Crippen LogP contribution in [0, 0.1) is 10.1 Å². The van der Waals surface area contributed by atoms with Gasteiger partial charge in [0.2, 0.25) is 0 Å². The van der Waals surface area contributed by atoms with E-state index in [1.807, 2.05) is 0 Å². The van der Waals surface area contributed by atoms with E-state index in [0.29, 0.717) is 5.69 Å². The number of hydrogen-bond acceptors (Lipinski definition) is 5. The molecule has 8 heteroatoms. The van der Waals surface area contributed by atoms with Gasteiger partial charge in [-0.05, 0) is 24.3 Å². The van der Waals surface area contributed by atoms with Crippen LogP contribution in [0.5, 0.6) is 0 Å². The van der Waals surface area contributed by atoms with E-state index in [1.165, 1.54) is 24.3 Å². The Balaban J connectivity index is 0.000000500. The van der Waals surface area contributed by atoms with Crippen molar-refractivity contribution >= 4 is 15.8 Å². The van der Waals surface area contributed by atoms with Gasteiger partial charge in [-0.3, -0.25) is 14.7 Å². The van der Waals surface area contributed by atoms with Crippen molar-refractivity contribution in [1.82, 2.24) is 0 Å². The van der Waals surface area contributed by atoms with Crippen LogP contribution in [0.3, 0.4) is 0 Å². The van der Waals surface area contributed by atoms with Crippen molar-refractivity contribution in [3.05, 3.63) is 34.4 Å². The molecule has 0 aromatic heterocycles. The summed E-state index contributed by atoms with van der Waals surface area (Å²) in [5.41, 5.74) is 5.75. The van der Waals surface area contributed by atoms with Crippen molar-refractivity contribution in [2.75, 3.05) is 5.73 Å². The minimum atomic E-state index is -4.08. The molecule has 0 unspecified atom stereocenters. The van der Waals surface area contributed by atoms with Crippen LogP contribution in [0.15, 0.2) is 29.2 Å². The molecule has 4 N–H and O–H groups in total. The van der Waals surface area contributed by atoms with Crippen molar-refractivity contribution in [2.24, 2.45) is 0 Å². The SMILES string of the molecule is Nc1ccc(S(=O)(=O)O)cc1.O=[NH+][O-]. The Morgan fingerprint density at radius 3 is 1.93 bits per heavy atom. The zero-order valence-electron chi connectivity index (χ0n) is 6.88. The zero-order valence-corrected chi connectivity index (χ0v) is 7.69. The lowest BCUT2D eigenvalue weighted by Crippen LogP contribution is -2.53. The number of hydrogen-bond donors (Lipinski definition) is 3. The lowest BCUT2D eigenvalue weighted by molar-refractivity contribution is -0.398. The van der Waals surface area contributed by atoms with Crippen molar-refractivity contribution in [2.45, 2.75) is 4.90 Å². The summed E-state index contributed by atoms with van der Waals surface area (Å²) in [6.45, 7) is 0. The van der Waals surface area contributed by atoms with Crippen molar-refractivity contribution in [1.29, 1.82) is 0 Å². The second-order valence-corrected chi connectivity index (χ2v) is 3.55. The Labute approximate surface area is 79.8 Å². The quantitative estimate of drug-likeness (QED) is 0.236. The molecule has 0 amide bonds. The Kier molecular flexibility index (Phi) is 4.53. The Bertz CT molecular complexity index is 385. The topological polar surface area (TPSA) is 134 Å². The van der Waals surface area contributed by atoms with Gasteiger partial charge < -0.3 is 5.73 Å². The summed E-state index contributed by atoms with van der Waals surface area (Å²) in [4.78, 5) is 7.98. The van der Waals surface area contributed by atoms with Gasteiger partial charge in [-0.1, -0.05) is 0 Å². The Morgan fingerprint density at radius 2 is 1.64 bits per heavy atom. The minimum Gasteiger partial charge on any atom is -0.399 e. The molecule has 0 atom stereocenters. The van der Waals surface area contributed by atoms with E-state index in [9.17, 15) is 8.42 Å². The number of anilines is 1. The predicted octanol–water partition coefficient (Wildman–Crippen LogP) is -1.15. The molecule has 1 aromatic rings. The molecule has 0 aliphatic carbocycles. The molecule has 14 heavy (non-hydrogen) atoms. The van der Waals surface area contributed by atoms with Gasteiger partial charge in [-0.15, -0.1) is 0 Å². The molecular weight excluding hydrogens is 212 g/mol. The number of nitrogen functional groups attached to an aromatic ring is 1. The maximum absolute atomic E-state index is 10.5. The van der Waals surface area contributed by atoms with Crippen molar-refractivity contribution < 1.29 is 18.3 Å². The molecule has 1 aromatic carbocycles. The summed E-state index contributed by atoms with van der Waals surface area (Å²) in [6, 6.07) is 5.29. The van der Waals surface area contributed by atoms with E-state index in [2.05, 4.69) is 0 Å². The fraction of sp³-hybridized carbons (Fsp3) is 0. The molecule has 0 bridgehead atoms. The van der Waals surface area contributed by atoms with Crippen LogP contribution < -0.4 is 11.1 Å². The fourth-order valence-corrected chi connectivity index (χ4v) is 1.12. The van der Waals surface area contributed by atoms with Crippen LogP contribution in [0.25, 0.3) is 0 Å². The molecule has 0 aliphatic rings. The van der Waals surface area contributed by atoms with Gasteiger partial charge in [0, 0.05) is 11.0 Å². The second-order valence-electron chi connectivity index (χ2n) is 2.13. The molecule has 7 nitrogen and oxygen atoms in total. The van der Waals surface area contributed by atoms with Crippen LogP contribution >= 0.6 is 0 Å². The monoisotopic (exact) mass is 220 g/mol. The summed E-state index contributed by atoms with van der Waals surface area (Å²) in [5, 5.41) is 8.38. The fourth-order valence-electron chi connectivity index (χ4n) is 0.640. The highest BCUT2D eigenvalue weighted by molar-refractivity contribution is 7.85. The first-order chi connectivity index (χ1) is 6.41. The van der Waals surface area contributed by atoms with E-state index in [4.69, 9.17) is 20.4 Å². The van der Waals surface area contributed by atoms with Gasteiger partial charge in [0.15, 0.2) is 0 Å². The molecule has 0 heterocycles. The maximum Gasteiger partial charge on any atom is 0.294 e. The Morgan fingerprint density at radius 1 is 1.29 bits per heavy atom. The molecule has 0 aliphatic heterocycles. The number of rotatable bonds is 1. The van der Waals surface area contributed by atoms with E-state index in [-0.39, 0.29) is 10.2 Å². The first-order valence-electron chi connectivity index (χ1n) is 3.24. The minimum absolute atomic E-state index is 0.147. The standard InChI is InChI=1S/C6H7NO3S.HNO2/c7-5-1-3-6(4-2-5)11(8,9)10;2-1-3/h1-4H,7H2,(H,8,9,10);1H. The summed E-state index contributed by atoms with van der Waals surface area (Å²) in [7, 11) is -4.08. The third-order valence-corrected chi connectivity index (χ3v) is 2.05. The van der Waals surface area contributed by atoms with Gasteiger partial charge in [0.1, 0.15) is 0 Å². The largest absolute Gasteiger partial charge is 0.399 e. The number of nitrogens with two attached hydrogens (primary N) is 1. The summed E-state index contributed by atoms with van der Waals surface area (Å²) in [6.07, 6.45) is 0. The van der Waals surface area contributed by atoms with Crippen molar-refractivity contribution in [3.63, 3.8) is 0 Å². The molecule has 0 saturated heterocycles. The van der Waals surface area contributed by atoms with Crippen LogP contribution in [0.1, 0.15) is 0 Å². The molecule has 0 saturated carbocycles. The summed E-state index contributed by atoms with van der Waals surface area (Å²) >= 11 is 0. The molecule has 0 fully saturated rings. The van der Waals surface area contributed by atoms with Crippen LogP contribution in [0.2, 0.25) is 0 Å². The lowest BCUT2D eigenvalue weighted by Gasteiger charge is -1.95. The average Bonchev–Trinajstić information content (AvgIpc) is 2.04. The van der Waals surface area contributed by atoms with Crippen LogP contribution in [0.4, 0.5) is 5.69 Å². The third kappa shape index (κ3) is 4.38. The van der Waals surface area contributed by atoms with E-state index < -0.39 is 10.1 Å². The highest BCUT2D eigenvalue weighted by Crippen LogP contribution is 2.10. The third-order valence-electron chi connectivity index (χ3n) is 1.18. The molecule has 0 spiro atoms. The second kappa shape index (κ2) is 5.14. The summed E-state index contributed by atoms with van der Waals surface area (Å²) in [5.74, 6) is 0. The molecule has 78 valence electrons. The van der Waals surface area contributed by atoms with E-state index in [1.54, 1.807) is 0 Å². The van der Waals surface area contributed by atoms with E-state index in [0.717, 1.165) is 0 Å². The lowest BCUT2D eigenvalue weighted by atomic mass is 10.3. The highest BCUT2D eigenvalue weighted by atomic mass is 32.2. The molecule has 0 radical (unpaired) electrons.